The Morgan fingerprint density at radius 2 is 2.00 bits per heavy atom. The fraction of sp³-hybridized carbons (Fsp3) is 0.647. The first kappa shape index (κ1) is 16.7. The second-order valence-electron chi connectivity index (χ2n) is 6.95. The number of hydrogen-bond donors (Lipinski definition) is 0. The van der Waals surface area contributed by atoms with Crippen molar-refractivity contribution in [3.63, 3.8) is 0 Å². The van der Waals surface area contributed by atoms with Gasteiger partial charge >= 0.3 is 0 Å². The number of amides is 1. The molecule has 7 nitrogen and oxygen atoms in total. The molecule has 0 radical (unpaired) electrons. The van der Waals surface area contributed by atoms with Gasteiger partial charge in [0.15, 0.2) is 0 Å². The highest BCUT2D eigenvalue weighted by atomic mass is 32.1. The van der Waals surface area contributed by atoms with Crippen molar-refractivity contribution >= 4 is 17.2 Å². The number of carbonyl (C=O) groups is 1. The second-order valence-corrected chi connectivity index (χ2v) is 8.16. The van der Waals surface area contributed by atoms with Crippen LogP contribution in [0.1, 0.15) is 50.9 Å². The fourth-order valence-corrected chi connectivity index (χ4v) is 4.79. The Balaban J connectivity index is 1.53. The van der Waals surface area contributed by atoms with Crippen LogP contribution in [0.3, 0.4) is 0 Å². The Kier molecular flexibility index (Phi) is 4.33. The van der Waals surface area contributed by atoms with Gasteiger partial charge in [-0.05, 0) is 40.3 Å². The molecule has 8 heteroatoms. The van der Waals surface area contributed by atoms with Crippen molar-refractivity contribution in [1.82, 2.24) is 29.5 Å². The SMILES string of the molecule is Cc1nc(C)c(C(=O)N2CCc3nnc([C@@H]4CCCN4C)n3CC2)s1. The average Bonchev–Trinajstić information content (AvgIpc) is 3.22. The lowest BCUT2D eigenvalue weighted by Gasteiger charge is -2.21. The Bertz CT molecular complexity index is 797. The van der Waals surface area contributed by atoms with Crippen LogP contribution < -0.4 is 0 Å². The summed E-state index contributed by atoms with van der Waals surface area (Å²) in [5.41, 5.74) is 0.837. The van der Waals surface area contributed by atoms with Gasteiger partial charge < -0.3 is 9.47 Å². The molecule has 1 fully saturated rings. The Morgan fingerprint density at radius 3 is 2.68 bits per heavy atom. The molecule has 0 saturated carbocycles. The molecule has 0 N–H and O–H groups in total. The molecule has 2 aliphatic rings. The van der Waals surface area contributed by atoms with Crippen molar-refractivity contribution in [2.24, 2.45) is 0 Å². The monoisotopic (exact) mass is 360 g/mol. The van der Waals surface area contributed by atoms with E-state index < -0.39 is 0 Å². The van der Waals surface area contributed by atoms with Gasteiger partial charge in [0.1, 0.15) is 16.5 Å². The number of likely N-dealkylation sites (tertiary alicyclic amines) is 1. The predicted molar refractivity (Wildman–Crippen MR) is 95.8 cm³/mol. The van der Waals surface area contributed by atoms with E-state index in [9.17, 15) is 4.79 Å². The Hall–Kier alpha value is -1.80. The first-order chi connectivity index (χ1) is 12.0. The van der Waals surface area contributed by atoms with Crippen molar-refractivity contribution in [2.75, 3.05) is 26.7 Å². The summed E-state index contributed by atoms with van der Waals surface area (Å²) in [6, 6.07) is 0.356. The highest BCUT2D eigenvalue weighted by molar-refractivity contribution is 7.13. The standard InChI is InChI=1S/C17H24N6OS/c1-11-15(25-12(2)18-11)17(24)22-8-6-14-19-20-16(23(14)10-9-22)13-5-4-7-21(13)3/h13H,4-10H2,1-3H3/t13-/m0/s1. The van der Waals surface area contributed by atoms with Gasteiger partial charge in [-0.1, -0.05) is 0 Å². The van der Waals surface area contributed by atoms with Crippen molar-refractivity contribution < 1.29 is 4.79 Å². The molecule has 0 aromatic carbocycles. The van der Waals surface area contributed by atoms with E-state index >= 15 is 0 Å². The summed E-state index contributed by atoms with van der Waals surface area (Å²) < 4.78 is 2.24. The number of aryl methyl sites for hydroxylation is 2. The highest BCUT2D eigenvalue weighted by Gasteiger charge is 2.31. The van der Waals surface area contributed by atoms with Crippen molar-refractivity contribution in [3.8, 4) is 0 Å². The third-order valence-electron chi connectivity index (χ3n) is 5.26. The van der Waals surface area contributed by atoms with Gasteiger partial charge in [0.25, 0.3) is 5.91 Å². The van der Waals surface area contributed by atoms with Crippen molar-refractivity contribution in [2.45, 2.75) is 45.7 Å². The van der Waals surface area contributed by atoms with E-state index in [1.807, 2.05) is 18.7 Å². The zero-order chi connectivity index (χ0) is 17.6. The summed E-state index contributed by atoms with van der Waals surface area (Å²) >= 11 is 1.49. The molecule has 2 aliphatic heterocycles. The number of nitrogens with zero attached hydrogens (tertiary/aromatic N) is 6. The molecule has 134 valence electrons. The van der Waals surface area contributed by atoms with E-state index in [0.717, 1.165) is 53.2 Å². The molecule has 1 atom stereocenters. The van der Waals surface area contributed by atoms with Crippen LogP contribution in [-0.4, -0.2) is 62.1 Å². The van der Waals surface area contributed by atoms with E-state index in [0.29, 0.717) is 19.1 Å². The lowest BCUT2D eigenvalue weighted by molar-refractivity contribution is 0.0762. The molecular weight excluding hydrogens is 336 g/mol. The molecule has 4 heterocycles. The molecule has 2 aromatic rings. The van der Waals surface area contributed by atoms with Crippen LogP contribution in [0.15, 0.2) is 0 Å². The van der Waals surface area contributed by atoms with E-state index in [1.165, 1.54) is 17.8 Å². The smallest absolute Gasteiger partial charge is 0.265 e. The summed E-state index contributed by atoms with van der Waals surface area (Å²) in [6.07, 6.45) is 3.10. The summed E-state index contributed by atoms with van der Waals surface area (Å²) in [7, 11) is 2.15. The first-order valence-corrected chi connectivity index (χ1v) is 9.71. The molecule has 0 bridgehead atoms. The van der Waals surface area contributed by atoms with Gasteiger partial charge in [-0.2, -0.15) is 0 Å². The van der Waals surface area contributed by atoms with Crippen LogP contribution in [0.2, 0.25) is 0 Å². The van der Waals surface area contributed by atoms with E-state index in [-0.39, 0.29) is 5.91 Å². The maximum atomic E-state index is 12.9. The maximum absolute atomic E-state index is 12.9. The van der Waals surface area contributed by atoms with Crippen LogP contribution in [0.4, 0.5) is 0 Å². The zero-order valence-corrected chi connectivity index (χ0v) is 15.8. The normalized spacial score (nSPS) is 21.4. The van der Waals surface area contributed by atoms with E-state index in [4.69, 9.17) is 0 Å². The number of hydrogen-bond acceptors (Lipinski definition) is 6. The third kappa shape index (κ3) is 2.97. The average molecular weight is 360 g/mol. The minimum atomic E-state index is 0.0985. The Labute approximate surface area is 151 Å². The van der Waals surface area contributed by atoms with Crippen molar-refractivity contribution in [3.05, 3.63) is 27.2 Å². The number of thiazole rings is 1. The van der Waals surface area contributed by atoms with Gasteiger partial charge in [-0.15, -0.1) is 21.5 Å². The minimum absolute atomic E-state index is 0.0985. The lowest BCUT2D eigenvalue weighted by atomic mass is 10.2. The maximum Gasteiger partial charge on any atom is 0.265 e. The molecule has 2 aromatic heterocycles. The second kappa shape index (κ2) is 6.49. The molecule has 1 amide bonds. The van der Waals surface area contributed by atoms with Gasteiger partial charge in [-0.3, -0.25) is 9.69 Å². The summed E-state index contributed by atoms with van der Waals surface area (Å²) in [5, 5.41) is 9.84. The lowest BCUT2D eigenvalue weighted by Crippen LogP contribution is -2.34. The summed E-state index contributed by atoms with van der Waals surface area (Å²) in [6.45, 7) is 7.13. The van der Waals surface area contributed by atoms with Gasteiger partial charge in [-0.25, -0.2) is 4.98 Å². The third-order valence-corrected chi connectivity index (χ3v) is 6.32. The number of carbonyl (C=O) groups excluding carboxylic acids is 1. The molecule has 4 rings (SSSR count). The topological polar surface area (TPSA) is 67.2 Å². The number of rotatable bonds is 2. The van der Waals surface area contributed by atoms with Gasteiger partial charge in [0.2, 0.25) is 0 Å². The molecular formula is C17H24N6OS. The van der Waals surface area contributed by atoms with E-state index in [1.54, 1.807) is 0 Å². The quantitative estimate of drug-likeness (QED) is 0.817. The van der Waals surface area contributed by atoms with Crippen LogP contribution in [0.25, 0.3) is 0 Å². The molecule has 0 unspecified atom stereocenters. The van der Waals surface area contributed by atoms with Crippen molar-refractivity contribution in [1.29, 1.82) is 0 Å². The predicted octanol–water partition coefficient (Wildman–Crippen LogP) is 1.82. The van der Waals surface area contributed by atoms with Crippen LogP contribution in [-0.2, 0) is 13.0 Å². The van der Waals surface area contributed by atoms with Crippen LogP contribution in [0, 0.1) is 13.8 Å². The highest BCUT2D eigenvalue weighted by Crippen LogP contribution is 2.30. The zero-order valence-electron chi connectivity index (χ0n) is 15.0. The molecule has 1 saturated heterocycles. The first-order valence-electron chi connectivity index (χ1n) is 8.90. The Morgan fingerprint density at radius 1 is 1.16 bits per heavy atom. The van der Waals surface area contributed by atoms with Crippen LogP contribution >= 0.6 is 11.3 Å². The van der Waals surface area contributed by atoms with Gasteiger partial charge in [0, 0.05) is 26.1 Å². The number of fused-ring (bicyclic) bond motifs is 1. The number of aromatic nitrogens is 4. The van der Waals surface area contributed by atoms with Crippen LogP contribution in [0.5, 0.6) is 0 Å². The fourth-order valence-electron chi connectivity index (χ4n) is 3.90. The summed E-state index contributed by atoms with van der Waals surface area (Å²) in [5.74, 6) is 2.17. The molecule has 0 spiro atoms. The largest absolute Gasteiger partial charge is 0.336 e. The minimum Gasteiger partial charge on any atom is -0.336 e. The van der Waals surface area contributed by atoms with Gasteiger partial charge in [0.05, 0.1) is 16.7 Å². The molecule has 0 aliphatic carbocycles. The van der Waals surface area contributed by atoms with E-state index in [2.05, 4.69) is 31.7 Å². The summed E-state index contributed by atoms with van der Waals surface area (Å²) in [4.78, 5) is 22.4. The molecule has 25 heavy (non-hydrogen) atoms.